The number of hydrogen-bond donors (Lipinski definition) is 1. The van der Waals surface area contributed by atoms with E-state index < -0.39 is 5.63 Å². The second kappa shape index (κ2) is 8.05. The van der Waals surface area contributed by atoms with Crippen LogP contribution in [0.4, 0.5) is 0 Å². The summed E-state index contributed by atoms with van der Waals surface area (Å²) in [6.07, 6.45) is 1.38. The van der Waals surface area contributed by atoms with Crippen molar-refractivity contribution in [2.75, 3.05) is 27.7 Å². The maximum absolute atomic E-state index is 12.2. The average Bonchev–Trinajstić information content (AvgIpc) is 2.67. The summed E-state index contributed by atoms with van der Waals surface area (Å²) in [5, 5.41) is 10.9. The van der Waals surface area contributed by atoms with Crippen LogP contribution in [-0.4, -0.2) is 44.0 Å². The topological polar surface area (TPSA) is 75.3 Å². The fourth-order valence-electron chi connectivity index (χ4n) is 2.90. The fourth-order valence-corrected chi connectivity index (χ4v) is 2.90. The molecule has 140 valence electrons. The van der Waals surface area contributed by atoms with Crippen molar-refractivity contribution < 1.29 is 14.3 Å². The summed E-state index contributed by atoms with van der Waals surface area (Å²) in [5.74, 6) is 0.676. The third-order valence-electron chi connectivity index (χ3n) is 4.44. The van der Waals surface area contributed by atoms with Gasteiger partial charge in [0.1, 0.15) is 22.6 Å². The zero-order valence-electron chi connectivity index (χ0n) is 15.5. The largest absolute Gasteiger partial charge is 0.506 e. The van der Waals surface area contributed by atoms with Gasteiger partial charge in [-0.05, 0) is 43.9 Å². The molecule has 1 atom stereocenters. The lowest BCUT2D eigenvalue weighted by Gasteiger charge is -2.23. The van der Waals surface area contributed by atoms with Crippen molar-refractivity contribution in [1.82, 2.24) is 4.90 Å². The van der Waals surface area contributed by atoms with Crippen LogP contribution in [0, 0.1) is 0 Å². The Labute approximate surface area is 157 Å². The Hall–Kier alpha value is -3.12. The van der Waals surface area contributed by atoms with Gasteiger partial charge in [-0.1, -0.05) is 24.3 Å². The number of rotatable bonds is 6. The zero-order chi connectivity index (χ0) is 19.4. The molecule has 1 N–H and O–H groups in total. The van der Waals surface area contributed by atoms with E-state index in [0.717, 1.165) is 11.3 Å². The van der Waals surface area contributed by atoms with Crippen LogP contribution < -0.4 is 10.4 Å². The number of methoxy groups -OCH3 is 1. The molecule has 6 heteroatoms. The first-order valence-corrected chi connectivity index (χ1v) is 8.56. The lowest BCUT2D eigenvalue weighted by atomic mass is 10.1. The van der Waals surface area contributed by atoms with E-state index in [0.29, 0.717) is 17.5 Å². The summed E-state index contributed by atoms with van der Waals surface area (Å²) < 4.78 is 10.5. The van der Waals surface area contributed by atoms with Crippen molar-refractivity contribution in [3.8, 4) is 11.5 Å². The molecule has 0 saturated carbocycles. The molecule has 3 rings (SSSR count). The number of benzene rings is 2. The summed E-state index contributed by atoms with van der Waals surface area (Å²) in [6.45, 7) is 0.422. The van der Waals surface area contributed by atoms with Crippen LogP contribution in [0.3, 0.4) is 0 Å². The number of para-hydroxylation sites is 1. The molecule has 0 amide bonds. The average molecular weight is 366 g/mol. The van der Waals surface area contributed by atoms with E-state index >= 15 is 0 Å². The lowest BCUT2D eigenvalue weighted by Crippen LogP contribution is -2.22. The van der Waals surface area contributed by atoms with Crippen LogP contribution in [0.1, 0.15) is 17.2 Å². The van der Waals surface area contributed by atoms with Gasteiger partial charge >= 0.3 is 5.63 Å². The third-order valence-corrected chi connectivity index (χ3v) is 4.44. The van der Waals surface area contributed by atoms with Gasteiger partial charge in [0.15, 0.2) is 0 Å². The molecular formula is C21H22N2O4. The highest BCUT2D eigenvalue weighted by atomic mass is 16.5. The highest BCUT2D eigenvalue weighted by Crippen LogP contribution is 2.25. The minimum Gasteiger partial charge on any atom is -0.506 e. The molecule has 1 aromatic heterocycles. The standard InChI is InChI=1S/C21H22N2O4/c1-23(2)18(14-8-10-15(26-3)11-9-14)13-22-12-17-20(24)16-6-4-5-7-19(16)27-21(17)25/h4-12,18,24H,13H2,1-3H3. The lowest BCUT2D eigenvalue weighted by molar-refractivity contribution is 0.306. The normalized spacial score (nSPS) is 12.7. The van der Waals surface area contributed by atoms with Gasteiger partial charge in [-0.3, -0.25) is 4.99 Å². The van der Waals surface area contributed by atoms with Gasteiger partial charge in [0.05, 0.1) is 25.1 Å². The molecule has 0 fully saturated rings. The summed E-state index contributed by atoms with van der Waals surface area (Å²) >= 11 is 0. The highest BCUT2D eigenvalue weighted by molar-refractivity contribution is 5.93. The van der Waals surface area contributed by atoms with Crippen molar-refractivity contribution in [1.29, 1.82) is 0 Å². The maximum Gasteiger partial charge on any atom is 0.348 e. The predicted molar refractivity (Wildman–Crippen MR) is 106 cm³/mol. The second-order valence-corrected chi connectivity index (χ2v) is 6.39. The zero-order valence-corrected chi connectivity index (χ0v) is 15.5. The van der Waals surface area contributed by atoms with E-state index in [-0.39, 0.29) is 17.4 Å². The molecular weight excluding hydrogens is 344 g/mol. The first kappa shape index (κ1) is 18.7. The summed E-state index contributed by atoms with van der Waals surface area (Å²) in [6, 6.07) is 14.7. The van der Waals surface area contributed by atoms with Gasteiger partial charge in [-0.2, -0.15) is 0 Å². The molecule has 0 bridgehead atoms. The third kappa shape index (κ3) is 4.01. The smallest absolute Gasteiger partial charge is 0.348 e. The molecule has 6 nitrogen and oxygen atoms in total. The van der Waals surface area contributed by atoms with E-state index in [1.165, 1.54) is 6.21 Å². The van der Waals surface area contributed by atoms with Crippen LogP contribution in [-0.2, 0) is 0 Å². The molecule has 0 saturated heterocycles. The first-order chi connectivity index (χ1) is 13.0. The number of likely N-dealkylation sites (N-methyl/N-ethyl adjacent to an activating group) is 1. The number of hydrogen-bond acceptors (Lipinski definition) is 6. The minimum absolute atomic E-state index is 0.0156. The maximum atomic E-state index is 12.2. The van der Waals surface area contributed by atoms with Crippen molar-refractivity contribution in [2.45, 2.75) is 6.04 Å². The van der Waals surface area contributed by atoms with Crippen LogP contribution >= 0.6 is 0 Å². The van der Waals surface area contributed by atoms with Crippen LogP contribution in [0.5, 0.6) is 11.5 Å². The minimum atomic E-state index is -0.610. The Kier molecular flexibility index (Phi) is 5.57. The fraction of sp³-hybridized carbons (Fsp3) is 0.238. The SMILES string of the molecule is COc1ccc(C(CN=Cc2c(O)c3ccccc3oc2=O)N(C)C)cc1. The van der Waals surface area contributed by atoms with Gasteiger partial charge in [0, 0.05) is 6.21 Å². The molecule has 0 aliphatic rings. The number of aliphatic imine (C=N–C) groups is 1. The van der Waals surface area contributed by atoms with Crippen molar-refractivity contribution >= 4 is 17.2 Å². The number of nitrogens with zero attached hydrogens (tertiary/aromatic N) is 2. The van der Waals surface area contributed by atoms with Gasteiger partial charge < -0.3 is 19.2 Å². The van der Waals surface area contributed by atoms with Crippen molar-refractivity contribution in [2.24, 2.45) is 4.99 Å². The Morgan fingerprint density at radius 3 is 2.56 bits per heavy atom. The molecule has 1 unspecified atom stereocenters. The first-order valence-electron chi connectivity index (χ1n) is 8.56. The number of ether oxygens (including phenoxy) is 1. The Morgan fingerprint density at radius 1 is 1.19 bits per heavy atom. The van der Waals surface area contributed by atoms with Gasteiger partial charge in [-0.25, -0.2) is 4.79 Å². The van der Waals surface area contributed by atoms with Crippen molar-refractivity contribution in [3.05, 3.63) is 70.1 Å². The summed E-state index contributed by atoms with van der Waals surface area (Å²) in [7, 11) is 5.56. The van der Waals surface area contributed by atoms with E-state index in [4.69, 9.17) is 9.15 Å². The Morgan fingerprint density at radius 2 is 1.89 bits per heavy atom. The quantitative estimate of drug-likeness (QED) is 0.535. The molecule has 0 spiro atoms. The molecule has 0 aliphatic heterocycles. The molecule has 2 aromatic carbocycles. The Bertz CT molecular complexity index is 1010. The Balaban J connectivity index is 1.86. The molecule has 0 radical (unpaired) electrons. The highest BCUT2D eigenvalue weighted by Gasteiger charge is 2.15. The van der Waals surface area contributed by atoms with Crippen LogP contribution in [0.2, 0.25) is 0 Å². The van der Waals surface area contributed by atoms with Crippen LogP contribution in [0.15, 0.2) is 62.7 Å². The van der Waals surface area contributed by atoms with E-state index in [9.17, 15) is 9.90 Å². The van der Waals surface area contributed by atoms with Gasteiger partial charge in [-0.15, -0.1) is 0 Å². The second-order valence-electron chi connectivity index (χ2n) is 6.39. The molecule has 0 aliphatic carbocycles. The molecule has 3 aromatic rings. The van der Waals surface area contributed by atoms with Gasteiger partial charge in [0.2, 0.25) is 0 Å². The molecule has 1 heterocycles. The van der Waals surface area contributed by atoms with Crippen molar-refractivity contribution in [3.63, 3.8) is 0 Å². The van der Waals surface area contributed by atoms with E-state index in [2.05, 4.69) is 4.99 Å². The number of aromatic hydroxyl groups is 1. The molecule has 27 heavy (non-hydrogen) atoms. The summed E-state index contributed by atoms with van der Waals surface area (Å²) in [5.41, 5.74) is 0.871. The van der Waals surface area contributed by atoms with Gasteiger partial charge in [0.25, 0.3) is 0 Å². The van der Waals surface area contributed by atoms with E-state index in [1.807, 2.05) is 43.3 Å². The number of fused-ring (bicyclic) bond motifs is 1. The predicted octanol–water partition coefficient (Wildman–Crippen LogP) is 3.23. The van der Waals surface area contributed by atoms with Crippen LogP contribution in [0.25, 0.3) is 11.0 Å². The monoisotopic (exact) mass is 366 g/mol. The summed E-state index contributed by atoms with van der Waals surface area (Å²) in [4.78, 5) is 18.6. The van der Waals surface area contributed by atoms with E-state index in [1.54, 1.807) is 31.4 Å².